The van der Waals surface area contributed by atoms with Gasteiger partial charge < -0.3 is 5.73 Å². The molecule has 0 bridgehead atoms. The van der Waals surface area contributed by atoms with Crippen molar-refractivity contribution in [2.24, 2.45) is 5.73 Å². The van der Waals surface area contributed by atoms with Crippen LogP contribution in [-0.2, 0) is 0 Å². The summed E-state index contributed by atoms with van der Waals surface area (Å²) in [6, 6.07) is 1.41. The fourth-order valence-corrected chi connectivity index (χ4v) is 2.73. The molecule has 1 aliphatic heterocycles. The molecule has 1 saturated carbocycles. The summed E-state index contributed by atoms with van der Waals surface area (Å²) in [5, 5.41) is 0. The fraction of sp³-hybridized carbons (Fsp3) is 1.00. The van der Waals surface area contributed by atoms with E-state index in [1.54, 1.807) is 0 Å². The Labute approximate surface area is 87.2 Å². The Hall–Kier alpha value is -0.120. The summed E-state index contributed by atoms with van der Waals surface area (Å²) < 4.78 is 0. The van der Waals surface area contributed by atoms with Crippen molar-refractivity contribution < 1.29 is 0 Å². The molecule has 1 saturated heterocycles. The first-order valence-electron chi connectivity index (χ1n) is 5.71. The molecule has 0 spiro atoms. The van der Waals surface area contributed by atoms with E-state index in [4.69, 9.17) is 5.73 Å². The lowest BCUT2D eigenvalue weighted by atomic mass is 9.95. The number of piperazine rings is 1. The van der Waals surface area contributed by atoms with Crippen molar-refractivity contribution >= 4 is 0 Å². The SMILES string of the molecule is CN1CC(C)(C)N(C2CC2)CC1CN. The minimum absolute atomic E-state index is 0.335. The maximum atomic E-state index is 5.80. The molecular weight excluding hydrogens is 174 g/mol. The molecule has 0 aromatic carbocycles. The van der Waals surface area contributed by atoms with Crippen molar-refractivity contribution in [1.29, 1.82) is 0 Å². The molecule has 2 N–H and O–H groups in total. The Morgan fingerprint density at radius 1 is 1.36 bits per heavy atom. The maximum absolute atomic E-state index is 5.80. The van der Waals surface area contributed by atoms with Crippen molar-refractivity contribution in [3.63, 3.8) is 0 Å². The first kappa shape index (κ1) is 10.4. The van der Waals surface area contributed by atoms with Gasteiger partial charge in [-0.1, -0.05) is 0 Å². The summed E-state index contributed by atoms with van der Waals surface area (Å²) in [7, 11) is 2.20. The number of nitrogens with zero attached hydrogens (tertiary/aromatic N) is 2. The third-order valence-electron chi connectivity index (χ3n) is 3.70. The zero-order chi connectivity index (χ0) is 10.3. The Morgan fingerprint density at radius 3 is 2.50 bits per heavy atom. The predicted molar refractivity (Wildman–Crippen MR) is 59.3 cm³/mol. The van der Waals surface area contributed by atoms with Gasteiger partial charge in [0.15, 0.2) is 0 Å². The molecule has 3 nitrogen and oxygen atoms in total. The van der Waals surface area contributed by atoms with Gasteiger partial charge in [-0.05, 0) is 33.7 Å². The van der Waals surface area contributed by atoms with Crippen LogP contribution in [0.2, 0.25) is 0 Å². The summed E-state index contributed by atoms with van der Waals surface area (Å²) >= 11 is 0. The summed E-state index contributed by atoms with van der Waals surface area (Å²) in [5.74, 6) is 0. The number of likely N-dealkylation sites (N-methyl/N-ethyl adjacent to an activating group) is 1. The predicted octanol–water partition coefficient (Wildman–Crippen LogP) is 0.502. The molecule has 0 aromatic rings. The van der Waals surface area contributed by atoms with Crippen LogP contribution in [0, 0.1) is 0 Å². The zero-order valence-electron chi connectivity index (χ0n) is 9.66. The molecule has 2 fully saturated rings. The second-order valence-corrected chi connectivity index (χ2v) is 5.50. The molecule has 82 valence electrons. The topological polar surface area (TPSA) is 32.5 Å². The van der Waals surface area contributed by atoms with E-state index in [1.165, 1.54) is 12.8 Å². The minimum atomic E-state index is 0.335. The highest BCUT2D eigenvalue weighted by molar-refractivity contribution is 5.00. The molecule has 0 aromatic heterocycles. The lowest BCUT2D eigenvalue weighted by Gasteiger charge is -2.50. The van der Waals surface area contributed by atoms with Crippen LogP contribution in [0.25, 0.3) is 0 Å². The van der Waals surface area contributed by atoms with Gasteiger partial charge in [-0.25, -0.2) is 0 Å². The van der Waals surface area contributed by atoms with Gasteiger partial charge in [-0.15, -0.1) is 0 Å². The van der Waals surface area contributed by atoms with Crippen molar-refractivity contribution in [1.82, 2.24) is 9.80 Å². The fourth-order valence-electron chi connectivity index (χ4n) is 2.73. The zero-order valence-corrected chi connectivity index (χ0v) is 9.66. The van der Waals surface area contributed by atoms with Gasteiger partial charge in [0.1, 0.15) is 0 Å². The third kappa shape index (κ3) is 1.81. The van der Waals surface area contributed by atoms with E-state index in [0.29, 0.717) is 11.6 Å². The van der Waals surface area contributed by atoms with Gasteiger partial charge in [0.05, 0.1) is 0 Å². The molecule has 1 unspecified atom stereocenters. The highest BCUT2D eigenvalue weighted by Crippen LogP contribution is 2.35. The van der Waals surface area contributed by atoms with Crippen LogP contribution in [0.1, 0.15) is 26.7 Å². The Bertz CT molecular complexity index is 211. The molecule has 3 heteroatoms. The second kappa shape index (κ2) is 3.47. The molecule has 1 heterocycles. The van der Waals surface area contributed by atoms with Gasteiger partial charge in [-0.2, -0.15) is 0 Å². The van der Waals surface area contributed by atoms with Crippen LogP contribution in [0.3, 0.4) is 0 Å². The van der Waals surface area contributed by atoms with Crippen LogP contribution in [0.15, 0.2) is 0 Å². The first-order valence-corrected chi connectivity index (χ1v) is 5.71. The molecule has 14 heavy (non-hydrogen) atoms. The molecule has 2 aliphatic rings. The van der Waals surface area contributed by atoms with Crippen LogP contribution >= 0.6 is 0 Å². The van der Waals surface area contributed by atoms with Gasteiger partial charge in [0.25, 0.3) is 0 Å². The van der Waals surface area contributed by atoms with E-state index in [2.05, 4.69) is 30.7 Å². The summed E-state index contributed by atoms with van der Waals surface area (Å²) in [4.78, 5) is 5.09. The van der Waals surface area contributed by atoms with Gasteiger partial charge >= 0.3 is 0 Å². The number of hydrogen-bond acceptors (Lipinski definition) is 3. The van der Waals surface area contributed by atoms with Gasteiger partial charge in [0.2, 0.25) is 0 Å². The first-order chi connectivity index (χ1) is 6.54. The molecule has 2 rings (SSSR count). The minimum Gasteiger partial charge on any atom is -0.329 e. The smallest absolute Gasteiger partial charge is 0.0343 e. The van der Waals surface area contributed by atoms with E-state index in [-0.39, 0.29) is 0 Å². The Kier molecular flexibility index (Phi) is 2.58. The second-order valence-electron chi connectivity index (χ2n) is 5.50. The number of rotatable bonds is 2. The summed E-state index contributed by atoms with van der Waals surface area (Å²) in [5.41, 5.74) is 6.13. The summed E-state index contributed by atoms with van der Waals surface area (Å²) in [6.45, 7) is 7.80. The van der Waals surface area contributed by atoms with E-state index in [0.717, 1.165) is 25.7 Å². The van der Waals surface area contributed by atoms with Crippen LogP contribution in [0.4, 0.5) is 0 Å². The number of hydrogen-bond donors (Lipinski definition) is 1. The van der Waals surface area contributed by atoms with E-state index in [9.17, 15) is 0 Å². The Balaban J connectivity index is 2.07. The summed E-state index contributed by atoms with van der Waals surface area (Å²) in [6.07, 6.45) is 2.79. The van der Waals surface area contributed by atoms with Gasteiger partial charge in [-0.3, -0.25) is 9.80 Å². The Morgan fingerprint density at radius 2 is 2.00 bits per heavy atom. The maximum Gasteiger partial charge on any atom is 0.0343 e. The number of nitrogens with two attached hydrogens (primary N) is 1. The molecule has 1 aliphatic carbocycles. The lowest BCUT2D eigenvalue weighted by molar-refractivity contribution is -0.00769. The van der Waals surface area contributed by atoms with Crippen molar-refractivity contribution in [3.8, 4) is 0 Å². The lowest BCUT2D eigenvalue weighted by Crippen LogP contribution is -2.64. The largest absolute Gasteiger partial charge is 0.329 e. The van der Waals surface area contributed by atoms with Crippen molar-refractivity contribution in [2.45, 2.75) is 44.3 Å². The molecule has 0 radical (unpaired) electrons. The van der Waals surface area contributed by atoms with E-state index in [1.807, 2.05) is 0 Å². The standard InChI is InChI=1S/C11H23N3/c1-11(2)8-13(3)10(6-12)7-14(11)9-4-5-9/h9-10H,4-8,12H2,1-3H3. The van der Waals surface area contributed by atoms with Crippen molar-refractivity contribution in [3.05, 3.63) is 0 Å². The monoisotopic (exact) mass is 197 g/mol. The van der Waals surface area contributed by atoms with Crippen LogP contribution < -0.4 is 5.73 Å². The van der Waals surface area contributed by atoms with Crippen molar-refractivity contribution in [2.75, 3.05) is 26.7 Å². The average molecular weight is 197 g/mol. The molecule has 1 atom stereocenters. The van der Waals surface area contributed by atoms with Gasteiger partial charge in [0, 0.05) is 37.3 Å². The molecular formula is C11H23N3. The normalized spacial score (nSPS) is 34.7. The average Bonchev–Trinajstić information content (AvgIpc) is 2.86. The molecule has 0 amide bonds. The van der Waals surface area contributed by atoms with E-state index >= 15 is 0 Å². The highest BCUT2D eigenvalue weighted by Gasteiger charge is 2.43. The van der Waals surface area contributed by atoms with Crippen LogP contribution in [0.5, 0.6) is 0 Å². The quantitative estimate of drug-likeness (QED) is 0.700. The third-order valence-corrected chi connectivity index (χ3v) is 3.70. The van der Waals surface area contributed by atoms with E-state index < -0.39 is 0 Å². The van der Waals surface area contributed by atoms with Crippen LogP contribution in [-0.4, -0.2) is 54.1 Å². The highest BCUT2D eigenvalue weighted by atomic mass is 15.3.